The summed E-state index contributed by atoms with van der Waals surface area (Å²) in [5.41, 5.74) is 20.6. The molecule has 1 atom stereocenters. The van der Waals surface area contributed by atoms with E-state index < -0.39 is 0 Å². The van der Waals surface area contributed by atoms with Crippen LogP contribution in [0.25, 0.3) is 22.7 Å². The van der Waals surface area contributed by atoms with Gasteiger partial charge in [0.05, 0.1) is 5.52 Å². The average molecular weight is 651 g/mol. The minimum Gasteiger partial charge on any atom is -0.314 e. The van der Waals surface area contributed by atoms with E-state index in [0.29, 0.717) is 5.92 Å². The Morgan fingerprint density at radius 2 is 1.48 bits per heavy atom. The van der Waals surface area contributed by atoms with E-state index in [9.17, 15) is 0 Å². The molecule has 4 aromatic rings. The van der Waals surface area contributed by atoms with Gasteiger partial charge in [-0.25, -0.2) is 0 Å². The van der Waals surface area contributed by atoms with Gasteiger partial charge in [0.1, 0.15) is 0 Å². The van der Waals surface area contributed by atoms with Gasteiger partial charge in [-0.2, -0.15) is 0 Å². The molecule has 248 valence electrons. The van der Waals surface area contributed by atoms with E-state index in [0.717, 1.165) is 32.1 Å². The molecule has 0 saturated carbocycles. The van der Waals surface area contributed by atoms with Crippen LogP contribution in [0.2, 0.25) is 0 Å². The molecule has 10 rings (SSSR count). The Morgan fingerprint density at radius 3 is 2.32 bits per heavy atom. The zero-order chi connectivity index (χ0) is 33.8. The molecule has 3 aromatic carbocycles. The third-order valence-corrected chi connectivity index (χ3v) is 13.0. The number of hydrogen-bond donors (Lipinski definition) is 0. The molecule has 2 heterocycles. The van der Waals surface area contributed by atoms with Crippen molar-refractivity contribution in [3.05, 3.63) is 165 Å². The lowest BCUT2D eigenvalue weighted by Crippen LogP contribution is -2.35. The minimum absolute atomic E-state index is 0.0640. The van der Waals surface area contributed by atoms with Crippen molar-refractivity contribution >= 4 is 34.1 Å². The number of allylic oxidation sites excluding steroid dienone is 13. The largest absolute Gasteiger partial charge is 0.314 e. The van der Waals surface area contributed by atoms with E-state index >= 15 is 0 Å². The van der Waals surface area contributed by atoms with Crippen LogP contribution in [0.4, 0.5) is 11.4 Å². The van der Waals surface area contributed by atoms with Crippen molar-refractivity contribution in [2.24, 2.45) is 11.3 Å². The first kappa shape index (κ1) is 30.0. The third-order valence-electron chi connectivity index (χ3n) is 13.0. The maximum Gasteiger partial charge on any atom is 0.0534 e. The topological polar surface area (TPSA) is 8.17 Å². The van der Waals surface area contributed by atoms with E-state index in [1.807, 2.05) is 0 Å². The Labute approximate surface area is 297 Å². The number of rotatable bonds is 3. The van der Waals surface area contributed by atoms with Gasteiger partial charge in [-0.1, -0.05) is 118 Å². The standard InChI is InChI=1S/C48H46N2/c1-47(2)39-18-10-8-16-35(39)37-29-38-36-17-9-12-20-43(36)49(46(38)30-41(37)47)34-25-22-31(23-26-34)32-24-27-45-42(28-32)48(3,4)40-19-11-13-21-44(40)50(45)33-14-6-5-7-15-33/h5-9,11-17,19-22,25,28,30,37H,10,18,23-24,26-27,29H2,1-4H3. The first-order valence-corrected chi connectivity index (χ1v) is 18.9. The maximum atomic E-state index is 2.62. The lowest BCUT2D eigenvalue weighted by atomic mass is 9.69. The zero-order valence-electron chi connectivity index (χ0n) is 29.9. The molecular weight excluding hydrogens is 605 g/mol. The number of fused-ring (bicyclic) bond motifs is 6. The Bertz CT molecular complexity index is 2340. The van der Waals surface area contributed by atoms with Crippen LogP contribution < -0.4 is 4.90 Å². The van der Waals surface area contributed by atoms with Gasteiger partial charge in [-0.15, -0.1) is 0 Å². The Balaban J connectivity index is 1.05. The number of aromatic nitrogens is 1. The molecule has 1 aromatic heterocycles. The highest BCUT2D eigenvalue weighted by Crippen LogP contribution is 2.58. The number of hydrogen-bond acceptors (Lipinski definition) is 1. The predicted molar refractivity (Wildman–Crippen MR) is 210 cm³/mol. The summed E-state index contributed by atoms with van der Waals surface area (Å²) < 4.78 is 2.62. The van der Waals surface area contributed by atoms with Crippen molar-refractivity contribution < 1.29 is 0 Å². The highest BCUT2D eigenvalue weighted by molar-refractivity contribution is 5.93. The molecule has 0 N–H and O–H groups in total. The molecule has 0 spiro atoms. The highest BCUT2D eigenvalue weighted by Gasteiger charge is 2.45. The lowest BCUT2D eigenvalue weighted by Gasteiger charge is -2.45. The molecule has 0 amide bonds. The van der Waals surface area contributed by atoms with Gasteiger partial charge < -0.3 is 9.47 Å². The van der Waals surface area contributed by atoms with Crippen LogP contribution in [-0.4, -0.2) is 4.57 Å². The van der Waals surface area contributed by atoms with Crippen molar-refractivity contribution in [1.29, 1.82) is 0 Å². The van der Waals surface area contributed by atoms with Crippen LogP contribution in [0.1, 0.15) is 83.0 Å². The van der Waals surface area contributed by atoms with Gasteiger partial charge in [0.25, 0.3) is 0 Å². The second kappa shape index (κ2) is 10.8. The quantitative estimate of drug-likeness (QED) is 0.214. The van der Waals surface area contributed by atoms with Crippen molar-refractivity contribution in [2.45, 2.75) is 78.1 Å². The summed E-state index contributed by atoms with van der Waals surface area (Å²) in [5.74, 6) is 0.515. The summed E-state index contributed by atoms with van der Waals surface area (Å²) in [4.78, 5) is 2.53. The van der Waals surface area contributed by atoms with Crippen LogP contribution in [0.3, 0.4) is 0 Å². The smallest absolute Gasteiger partial charge is 0.0534 e. The van der Waals surface area contributed by atoms with Gasteiger partial charge in [0.15, 0.2) is 0 Å². The lowest BCUT2D eigenvalue weighted by molar-refractivity contribution is 0.507. The fourth-order valence-corrected chi connectivity index (χ4v) is 10.5. The first-order valence-electron chi connectivity index (χ1n) is 18.9. The number of benzene rings is 3. The average Bonchev–Trinajstić information content (AvgIpc) is 3.59. The van der Waals surface area contributed by atoms with Gasteiger partial charge >= 0.3 is 0 Å². The fraction of sp³-hybridized carbons (Fsp3) is 0.292. The number of nitrogens with zero attached hydrogens (tertiary/aromatic N) is 2. The third kappa shape index (κ3) is 4.20. The Morgan fingerprint density at radius 1 is 0.700 bits per heavy atom. The van der Waals surface area contributed by atoms with Crippen molar-refractivity contribution in [3.8, 4) is 0 Å². The number of para-hydroxylation sites is 3. The zero-order valence-corrected chi connectivity index (χ0v) is 29.9. The molecule has 1 unspecified atom stereocenters. The highest BCUT2D eigenvalue weighted by atomic mass is 15.2. The molecule has 50 heavy (non-hydrogen) atoms. The van der Waals surface area contributed by atoms with Crippen molar-refractivity contribution in [3.63, 3.8) is 0 Å². The Hall–Kier alpha value is -4.82. The van der Waals surface area contributed by atoms with Crippen LogP contribution in [0.5, 0.6) is 0 Å². The summed E-state index contributed by atoms with van der Waals surface area (Å²) in [5, 5.41) is 1.43. The van der Waals surface area contributed by atoms with Crippen molar-refractivity contribution in [1.82, 2.24) is 4.57 Å². The van der Waals surface area contributed by atoms with Crippen LogP contribution in [0.15, 0.2) is 148 Å². The predicted octanol–water partition coefficient (Wildman–Crippen LogP) is 12.5. The van der Waals surface area contributed by atoms with Crippen molar-refractivity contribution in [2.75, 3.05) is 4.90 Å². The normalized spacial score (nSPS) is 23.0. The summed E-state index contributed by atoms with van der Waals surface area (Å²) in [6.45, 7) is 9.79. The van der Waals surface area contributed by atoms with Crippen LogP contribution in [0, 0.1) is 11.3 Å². The van der Waals surface area contributed by atoms with Gasteiger partial charge in [0, 0.05) is 50.6 Å². The van der Waals surface area contributed by atoms with Crippen LogP contribution >= 0.6 is 0 Å². The molecule has 0 saturated heterocycles. The molecule has 0 fully saturated rings. The molecule has 1 aliphatic heterocycles. The molecule has 5 aliphatic carbocycles. The van der Waals surface area contributed by atoms with E-state index in [2.05, 4.69) is 152 Å². The second-order valence-corrected chi connectivity index (χ2v) is 16.3. The molecular formula is C48H46N2. The number of anilines is 2. The van der Waals surface area contributed by atoms with E-state index in [4.69, 9.17) is 0 Å². The summed E-state index contributed by atoms with van der Waals surface area (Å²) in [6, 6.07) is 29.1. The van der Waals surface area contributed by atoms with E-state index in [1.54, 1.807) is 16.7 Å². The summed E-state index contributed by atoms with van der Waals surface area (Å²) in [6.07, 6.45) is 22.7. The van der Waals surface area contributed by atoms with Gasteiger partial charge in [0.2, 0.25) is 0 Å². The van der Waals surface area contributed by atoms with E-state index in [-0.39, 0.29) is 10.8 Å². The molecule has 0 radical (unpaired) electrons. The molecule has 2 heteroatoms. The minimum atomic E-state index is -0.0640. The van der Waals surface area contributed by atoms with E-state index in [1.165, 1.54) is 80.1 Å². The molecule has 2 nitrogen and oxygen atoms in total. The maximum absolute atomic E-state index is 2.62. The van der Waals surface area contributed by atoms with Gasteiger partial charge in [-0.3, -0.25) is 0 Å². The SMILES string of the molecule is CC1(C)C2=Cc3c(c4ccccc4n3C3=CC=C(C4=CC5=C(CC4)N(c4ccccc4)c4ccccc4C5(C)C)CC3)CC2C2=C1CCC=C2. The Kier molecular flexibility index (Phi) is 6.51. The summed E-state index contributed by atoms with van der Waals surface area (Å²) >= 11 is 0. The fourth-order valence-electron chi connectivity index (χ4n) is 10.5. The summed E-state index contributed by atoms with van der Waals surface area (Å²) in [7, 11) is 0. The first-order chi connectivity index (χ1) is 24.3. The second-order valence-electron chi connectivity index (χ2n) is 16.3. The van der Waals surface area contributed by atoms with Crippen LogP contribution in [-0.2, 0) is 11.8 Å². The monoisotopic (exact) mass is 650 g/mol. The van der Waals surface area contributed by atoms with Gasteiger partial charge in [-0.05, 0) is 115 Å². The molecule has 0 bridgehead atoms. The molecule has 6 aliphatic rings.